The number of benzene rings is 3. The van der Waals surface area contributed by atoms with Crippen molar-refractivity contribution in [3.8, 4) is 52.5 Å². The van der Waals surface area contributed by atoms with Crippen LogP contribution in [-0.2, 0) is 34.7 Å². The number of terminal acetylenes is 1. The highest BCUT2D eigenvalue weighted by Crippen LogP contribution is 2.44. The molecule has 0 saturated carbocycles. The smallest absolute Gasteiger partial charge is 0.343 e. The molecule has 10 heterocycles. The number of hydrogen-bond acceptors (Lipinski definition) is 14. The third-order valence-electron chi connectivity index (χ3n) is 16.0. The monoisotopic (exact) mass is 992 g/mol. The van der Waals surface area contributed by atoms with Crippen LogP contribution in [0.4, 0.5) is 19.0 Å². The molecule has 0 aliphatic carbocycles. The van der Waals surface area contributed by atoms with Crippen molar-refractivity contribution in [2.75, 3.05) is 37.7 Å². The standard InChI is InChI=1S/C33H31F3N6O2.C22H20N2O5/c1-2-23-26(35)7-4-18-10-22(43)11-24(27(18)23)29-28(36)30-25(13-37-29)31(41-15-20-5-6-21(16-41)38-20)40-32(39-30)44-17-33-8-3-9-42(33)14-19(34)12-33;1-3-12-13-7-11(25)5-6-17(13)23-19-14(12)9-24-18(19)8-16-15(20(24)26)10-29-21(27)22(16,28)4-2/h1,4,7,10-11,13,19-21,38,43H,3,5-6,8-9,12,14-17H2;5-8,25,28H,3-4,9-10H2,1-2H3/t;22-/m.0/s1. The number of phenols is 2. The number of phenolic OH excluding ortho intramolecular Hbond substituents is 2. The van der Waals surface area contributed by atoms with Gasteiger partial charge in [0.05, 0.1) is 45.5 Å². The number of cyclic esters (lactones) is 1. The normalized spacial score (nSPS) is 23.7. The summed E-state index contributed by atoms with van der Waals surface area (Å²) in [6.07, 6.45) is 11.4. The fourth-order valence-electron chi connectivity index (χ4n) is 12.4. The van der Waals surface area contributed by atoms with Gasteiger partial charge in [-0.05, 0) is 98.5 Å². The first-order valence-electron chi connectivity index (χ1n) is 24.8. The minimum Gasteiger partial charge on any atom is -0.508 e. The lowest BCUT2D eigenvalue weighted by molar-refractivity contribution is -0.172. The van der Waals surface area contributed by atoms with E-state index in [0.717, 1.165) is 54.3 Å². The predicted octanol–water partition coefficient (Wildman–Crippen LogP) is 7.05. The van der Waals surface area contributed by atoms with Crippen molar-refractivity contribution in [1.82, 2.24) is 34.7 Å². The quantitative estimate of drug-likeness (QED) is 0.0939. The van der Waals surface area contributed by atoms with Crippen LogP contribution < -0.4 is 20.5 Å². The molecule has 374 valence electrons. The number of nitrogens with one attached hydrogen (secondary N) is 1. The van der Waals surface area contributed by atoms with Crippen molar-refractivity contribution in [2.24, 2.45) is 0 Å². The Morgan fingerprint density at radius 2 is 1.77 bits per heavy atom. The van der Waals surface area contributed by atoms with E-state index in [1.54, 1.807) is 35.8 Å². The van der Waals surface area contributed by atoms with Crippen LogP contribution in [0.25, 0.3) is 55.2 Å². The summed E-state index contributed by atoms with van der Waals surface area (Å²) >= 11 is 0. The molecule has 0 amide bonds. The molecule has 7 aromatic rings. The zero-order valence-electron chi connectivity index (χ0n) is 40.1. The molecule has 0 spiro atoms. The number of aromatic hydroxyl groups is 2. The minimum absolute atomic E-state index is 0.00778. The first-order valence-corrected chi connectivity index (χ1v) is 24.8. The lowest BCUT2D eigenvalue weighted by Crippen LogP contribution is -2.51. The molecule has 5 atom stereocenters. The number of nitrogens with zero attached hydrogens (tertiary/aromatic N) is 7. The zero-order valence-corrected chi connectivity index (χ0v) is 40.1. The number of aromatic nitrogens is 5. The summed E-state index contributed by atoms with van der Waals surface area (Å²) in [7, 11) is 0. The van der Waals surface area contributed by atoms with Gasteiger partial charge in [0, 0.05) is 71.8 Å². The van der Waals surface area contributed by atoms with Gasteiger partial charge in [-0.15, -0.1) is 6.42 Å². The first-order chi connectivity index (χ1) is 35.2. The molecule has 4 unspecified atom stereocenters. The van der Waals surface area contributed by atoms with E-state index < -0.39 is 34.9 Å². The van der Waals surface area contributed by atoms with Gasteiger partial charge in [-0.3, -0.25) is 14.7 Å². The number of halogens is 3. The molecule has 13 rings (SSSR count). The molecule has 2 bridgehead atoms. The Morgan fingerprint density at radius 1 is 0.959 bits per heavy atom. The lowest BCUT2D eigenvalue weighted by atomic mass is 9.86. The largest absolute Gasteiger partial charge is 0.508 e. The van der Waals surface area contributed by atoms with Crippen LogP contribution in [0.15, 0.2) is 59.5 Å². The summed E-state index contributed by atoms with van der Waals surface area (Å²) in [6, 6.07) is 12.8. The van der Waals surface area contributed by atoms with Crippen LogP contribution in [-0.4, -0.2) is 107 Å². The fraction of sp³-hybridized carbons (Fsp3) is 0.382. The number of aliphatic hydroxyl groups is 1. The Hall–Kier alpha value is -7.33. The molecule has 4 saturated heterocycles. The highest BCUT2D eigenvalue weighted by molar-refractivity contribution is 6.03. The SMILES string of the molecule is C#Cc1c(F)ccc2cc(O)cc(-c3ncc4c(N5CC6CCC(C5)N6)nc(OCC56CCCN5CC(F)C6)nc4c3F)c12.CCc1c2c(nc3ccc(O)cc13)-c1cc3c(c(=O)n1C2)COC(=O)[C@]3(O)CC. The fourth-order valence-corrected chi connectivity index (χ4v) is 12.4. The number of ether oxygens (including phenoxy) is 2. The number of pyridine rings is 3. The Bertz CT molecular complexity index is 3590. The molecular formula is C55H51F3N8O7. The second kappa shape index (κ2) is 17.4. The molecule has 6 aliphatic heterocycles. The third kappa shape index (κ3) is 7.45. The molecule has 15 nitrogen and oxygen atoms in total. The van der Waals surface area contributed by atoms with Crippen LogP contribution in [0.1, 0.15) is 80.2 Å². The highest BCUT2D eigenvalue weighted by Gasteiger charge is 2.50. The second-order valence-corrected chi connectivity index (χ2v) is 20.2. The maximum atomic E-state index is 16.7. The van der Waals surface area contributed by atoms with E-state index in [2.05, 4.69) is 31.0 Å². The number of hydrogen-bond donors (Lipinski definition) is 4. The molecular weight excluding hydrogens is 942 g/mol. The molecule has 0 radical (unpaired) electrons. The number of anilines is 1. The number of fused-ring (bicyclic) bond motifs is 10. The van der Waals surface area contributed by atoms with Crippen molar-refractivity contribution < 1.29 is 42.8 Å². The van der Waals surface area contributed by atoms with Gasteiger partial charge in [0.25, 0.3) is 5.56 Å². The number of alkyl halides is 1. The van der Waals surface area contributed by atoms with Gasteiger partial charge >= 0.3 is 12.0 Å². The summed E-state index contributed by atoms with van der Waals surface area (Å²) in [6.45, 7) is 6.71. The number of esters is 1. The predicted molar refractivity (Wildman–Crippen MR) is 266 cm³/mol. The van der Waals surface area contributed by atoms with Gasteiger partial charge < -0.3 is 39.6 Å². The Balaban J connectivity index is 0.000000162. The Morgan fingerprint density at radius 3 is 2.53 bits per heavy atom. The molecule has 3 aromatic carbocycles. The Kier molecular flexibility index (Phi) is 11.2. The van der Waals surface area contributed by atoms with Gasteiger partial charge in [0.15, 0.2) is 11.4 Å². The van der Waals surface area contributed by atoms with E-state index >= 15 is 4.39 Å². The van der Waals surface area contributed by atoms with Gasteiger partial charge in [0.1, 0.15) is 53.7 Å². The average Bonchev–Trinajstić information content (AvgIpc) is 4.13. The minimum atomic E-state index is -1.83. The van der Waals surface area contributed by atoms with E-state index in [9.17, 15) is 33.7 Å². The van der Waals surface area contributed by atoms with E-state index in [-0.39, 0.29) is 70.4 Å². The van der Waals surface area contributed by atoms with Crippen molar-refractivity contribution >= 4 is 44.4 Å². The van der Waals surface area contributed by atoms with E-state index in [1.807, 2.05) is 6.92 Å². The van der Waals surface area contributed by atoms with Crippen molar-refractivity contribution in [3.63, 3.8) is 0 Å². The van der Waals surface area contributed by atoms with Crippen molar-refractivity contribution in [3.05, 3.63) is 105 Å². The molecule has 4 N–H and O–H groups in total. The van der Waals surface area contributed by atoms with Crippen molar-refractivity contribution in [2.45, 2.75) is 101 Å². The van der Waals surface area contributed by atoms with Gasteiger partial charge in [0.2, 0.25) is 0 Å². The van der Waals surface area contributed by atoms with Gasteiger partial charge in [-0.2, -0.15) is 9.97 Å². The Labute approximate surface area is 416 Å². The van der Waals surface area contributed by atoms with Crippen molar-refractivity contribution in [1.29, 1.82) is 0 Å². The maximum absolute atomic E-state index is 16.7. The molecule has 18 heteroatoms. The summed E-state index contributed by atoms with van der Waals surface area (Å²) < 4.78 is 58.9. The van der Waals surface area contributed by atoms with E-state index in [1.165, 1.54) is 30.5 Å². The number of rotatable bonds is 7. The highest BCUT2D eigenvalue weighted by atomic mass is 19.1. The number of carbonyl (C=O) groups excluding carboxylic acids is 1. The van der Waals surface area contributed by atoms with E-state index in [0.29, 0.717) is 90.2 Å². The van der Waals surface area contributed by atoms with Crippen LogP contribution in [0.5, 0.6) is 17.5 Å². The second-order valence-electron chi connectivity index (χ2n) is 20.2. The number of aryl methyl sites for hydroxylation is 1. The van der Waals surface area contributed by atoms with Gasteiger partial charge in [-0.25, -0.2) is 22.9 Å². The maximum Gasteiger partial charge on any atom is 0.343 e. The van der Waals surface area contributed by atoms with Gasteiger partial charge in [-0.1, -0.05) is 25.8 Å². The third-order valence-corrected chi connectivity index (χ3v) is 16.0. The van der Waals surface area contributed by atoms with Crippen LogP contribution in [0.2, 0.25) is 0 Å². The number of piperazine rings is 1. The summed E-state index contributed by atoms with van der Waals surface area (Å²) in [5.41, 5.74) is 2.00. The van der Waals surface area contributed by atoms with E-state index in [4.69, 9.17) is 25.9 Å². The molecule has 73 heavy (non-hydrogen) atoms. The topological polar surface area (TPSA) is 188 Å². The molecule has 4 aromatic heterocycles. The summed E-state index contributed by atoms with van der Waals surface area (Å²) in [4.78, 5) is 48.3. The molecule has 6 aliphatic rings. The first kappa shape index (κ1) is 46.7. The lowest BCUT2D eigenvalue weighted by Gasteiger charge is -2.34. The van der Waals surface area contributed by atoms with Crippen LogP contribution in [0.3, 0.4) is 0 Å². The summed E-state index contributed by atoms with van der Waals surface area (Å²) in [5, 5.41) is 37.0. The average molecular weight is 993 g/mol. The number of carbonyl (C=O) groups is 1. The van der Waals surface area contributed by atoms with Crippen LogP contribution >= 0.6 is 0 Å². The van der Waals surface area contributed by atoms with Crippen LogP contribution in [0, 0.1) is 24.0 Å². The zero-order chi connectivity index (χ0) is 50.7. The summed E-state index contributed by atoms with van der Waals surface area (Å²) in [5.74, 6) is 0.784. The molecule has 4 fully saturated rings.